The summed E-state index contributed by atoms with van der Waals surface area (Å²) in [6.45, 7) is 1.77. The van der Waals surface area contributed by atoms with Crippen molar-refractivity contribution in [3.63, 3.8) is 0 Å². The van der Waals surface area contributed by atoms with Gasteiger partial charge in [0.25, 0.3) is 10.0 Å². The Balaban J connectivity index is 2.39. The minimum Gasteiger partial charge on any atom is -0.506 e. The van der Waals surface area contributed by atoms with Gasteiger partial charge in [0.05, 0.1) is 11.3 Å². The maximum Gasteiger partial charge on any atom is 0.335 e. The van der Waals surface area contributed by atoms with Gasteiger partial charge in [-0.15, -0.1) is 11.3 Å². The summed E-state index contributed by atoms with van der Waals surface area (Å²) in [4.78, 5) is 11.7. The first-order valence-electron chi connectivity index (χ1n) is 5.45. The van der Waals surface area contributed by atoms with E-state index in [1.54, 1.807) is 13.0 Å². The first-order chi connectivity index (χ1) is 9.29. The number of aromatic carboxylic acids is 1. The van der Waals surface area contributed by atoms with Gasteiger partial charge < -0.3 is 10.2 Å². The summed E-state index contributed by atoms with van der Waals surface area (Å²) in [6, 6.07) is 6.48. The van der Waals surface area contributed by atoms with Crippen molar-refractivity contribution >= 4 is 33.0 Å². The van der Waals surface area contributed by atoms with Crippen LogP contribution in [-0.4, -0.2) is 24.6 Å². The maximum absolute atomic E-state index is 12.1. The van der Waals surface area contributed by atoms with Crippen LogP contribution in [0.5, 0.6) is 5.75 Å². The smallest absolute Gasteiger partial charge is 0.335 e. The van der Waals surface area contributed by atoms with E-state index in [4.69, 9.17) is 5.11 Å². The molecule has 0 atom stereocenters. The van der Waals surface area contributed by atoms with Crippen molar-refractivity contribution in [2.45, 2.75) is 11.1 Å². The van der Waals surface area contributed by atoms with E-state index in [1.807, 2.05) is 0 Å². The molecule has 0 saturated heterocycles. The van der Waals surface area contributed by atoms with Crippen LogP contribution in [0.1, 0.15) is 15.2 Å². The van der Waals surface area contributed by atoms with E-state index in [0.29, 0.717) is 0 Å². The van der Waals surface area contributed by atoms with Gasteiger partial charge in [0.2, 0.25) is 0 Å². The van der Waals surface area contributed by atoms with E-state index >= 15 is 0 Å². The number of carboxylic acids is 1. The van der Waals surface area contributed by atoms with Crippen molar-refractivity contribution in [2.75, 3.05) is 4.72 Å². The largest absolute Gasteiger partial charge is 0.506 e. The van der Waals surface area contributed by atoms with E-state index < -0.39 is 16.0 Å². The number of aryl methyl sites for hydroxylation is 1. The molecular weight excluding hydrogens is 302 g/mol. The maximum atomic E-state index is 12.1. The van der Waals surface area contributed by atoms with Crippen molar-refractivity contribution in [3.8, 4) is 5.75 Å². The number of carboxylic acid groups (broad SMARTS) is 1. The van der Waals surface area contributed by atoms with Gasteiger partial charge in [0, 0.05) is 4.88 Å². The van der Waals surface area contributed by atoms with Crippen molar-refractivity contribution in [3.05, 3.63) is 40.8 Å². The Morgan fingerprint density at radius 2 is 1.95 bits per heavy atom. The van der Waals surface area contributed by atoms with Crippen molar-refractivity contribution < 1.29 is 23.4 Å². The molecular formula is C12H11NO5S2. The van der Waals surface area contributed by atoms with Crippen molar-refractivity contribution in [1.82, 2.24) is 0 Å². The average Bonchev–Trinajstić information content (AvgIpc) is 2.79. The Morgan fingerprint density at radius 1 is 1.25 bits per heavy atom. The zero-order valence-corrected chi connectivity index (χ0v) is 12.0. The van der Waals surface area contributed by atoms with Crippen molar-refractivity contribution in [2.24, 2.45) is 0 Å². The Hall–Kier alpha value is -2.06. The van der Waals surface area contributed by atoms with Gasteiger partial charge in [0.15, 0.2) is 0 Å². The number of phenols is 1. The fourth-order valence-electron chi connectivity index (χ4n) is 1.50. The molecule has 2 aromatic rings. The number of carbonyl (C=O) groups is 1. The molecule has 0 aliphatic carbocycles. The highest BCUT2D eigenvalue weighted by molar-refractivity contribution is 7.94. The lowest BCUT2D eigenvalue weighted by Gasteiger charge is -2.09. The summed E-state index contributed by atoms with van der Waals surface area (Å²) < 4.78 is 26.5. The minimum atomic E-state index is -3.84. The number of hydrogen-bond donors (Lipinski definition) is 3. The highest BCUT2D eigenvalue weighted by Gasteiger charge is 2.19. The summed E-state index contributed by atoms with van der Waals surface area (Å²) in [5, 5.41) is 18.5. The Morgan fingerprint density at radius 3 is 2.50 bits per heavy atom. The Labute approximate surface area is 119 Å². The average molecular weight is 313 g/mol. The molecule has 20 heavy (non-hydrogen) atoms. The molecule has 106 valence electrons. The number of hydrogen-bond acceptors (Lipinski definition) is 5. The second-order valence-electron chi connectivity index (χ2n) is 4.01. The lowest BCUT2D eigenvalue weighted by molar-refractivity contribution is 0.0697. The third kappa shape index (κ3) is 2.91. The van der Waals surface area contributed by atoms with Gasteiger partial charge in [-0.25, -0.2) is 13.2 Å². The number of benzene rings is 1. The van der Waals surface area contributed by atoms with Crippen molar-refractivity contribution in [1.29, 1.82) is 0 Å². The van der Waals surface area contributed by atoms with Crippen LogP contribution in [0.3, 0.4) is 0 Å². The van der Waals surface area contributed by atoms with E-state index in [-0.39, 0.29) is 21.2 Å². The molecule has 0 saturated carbocycles. The number of rotatable bonds is 4. The molecule has 3 N–H and O–H groups in total. The second kappa shape index (κ2) is 5.14. The van der Waals surface area contributed by atoms with Crippen LogP contribution in [0, 0.1) is 6.92 Å². The number of nitrogens with one attached hydrogen (secondary N) is 1. The van der Waals surface area contributed by atoms with Crippen LogP contribution in [0.2, 0.25) is 0 Å². The molecule has 0 amide bonds. The quantitative estimate of drug-likeness (QED) is 0.751. The van der Waals surface area contributed by atoms with Gasteiger partial charge >= 0.3 is 5.97 Å². The molecule has 0 unspecified atom stereocenters. The molecule has 0 radical (unpaired) electrons. The Kier molecular flexibility index (Phi) is 3.69. The van der Waals surface area contributed by atoms with Crippen LogP contribution in [0.25, 0.3) is 0 Å². The minimum absolute atomic E-state index is 0.0927. The lowest BCUT2D eigenvalue weighted by atomic mass is 10.2. The predicted octanol–water partition coefficient (Wildman–Crippen LogP) is 2.26. The number of anilines is 1. The zero-order valence-electron chi connectivity index (χ0n) is 10.3. The summed E-state index contributed by atoms with van der Waals surface area (Å²) in [5.41, 5.74) is -0.293. The molecule has 2 rings (SSSR count). The lowest BCUT2D eigenvalue weighted by Crippen LogP contribution is -2.12. The van der Waals surface area contributed by atoms with E-state index in [2.05, 4.69) is 4.72 Å². The molecule has 0 bridgehead atoms. The Bertz CT molecular complexity index is 764. The van der Waals surface area contributed by atoms with Crippen LogP contribution in [0.4, 0.5) is 5.69 Å². The van der Waals surface area contributed by atoms with Gasteiger partial charge in [-0.05, 0) is 37.3 Å². The first-order valence-corrected chi connectivity index (χ1v) is 7.75. The molecule has 0 aliphatic rings. The number of aromatic hydroxyl groups is 1. The summed E-state index contributed by atoms with van der Waals surface area (Å²) >= 11 is 1.08. The third-order valence-corrected chi connectivity index (χ3v) is 5.33. The fraction of sp³-hybridized carbons (Fsp3) is 0.0833. The zero-order chi connectivity index (χ0) is 14.9. The number of phenolic OH excluding ortho intramolecular Hbond substituents is 1. The van der Waals surface area contributed by atoms with Crippen LogP contribution in [-0.2, 0) is 10.0 Å². The van der Waals surface area contributed by atoms with E-state index in [1.165, 1.54) is 12.1 Å². The molecule has 1 aromatic carbocycles. The van der Waals surface area contributed by atoms with Gasteiger partial charge in [-0.2, -0.15) is 0 Å². The highest BCUT2D eigenvalue weighted by atomic mass is 32.2. The molecule has 0 aliphatic heterocycles. The van der Waals surface area contributed by atoms with Gasteiger partial charge in [-0.3, -0.25) is 4.72 Å². The molecule has 0 fully saturated rings. The fourth-order valence-corrected chi connectivity index (χ4v) is 3.85. The second-order valence-corrected chi connectivity index (χ2v) is 7.20. The molecule has 8 heteroatoms. The predicted molar refractivity (Wildman–Crippen MR) is 74.9 cm³/mol. The molecule has 1 heterocycles. The summed E-state index contributed by atoms with van der Waals surface area (Å²) in [5.74, 6) is -1.55. The van der Waals surface area contributed by atoms with Gasteiger partial charge in [0.1, 0.15) is 9.96 Å². The number of sulfonamides is 1. The molecule has 0 spiro atoms. The standard InChI is InChI=1S/C12H11NO5S2/c1-7-2-5-11(19-7)20(17,18)13-9-6-8(12(15)16)3-4-10(9)14/h2-6,13-14H,1H3,(H,15,16). The van der Waals surface area contributed by atoms with Crippen LogP contribution < -0.4 is 4.72 Å². The molecule has 6 nitrogen and oxygen atoms in total. The van der Waals surface area contributed by atoms with E-state index in [9.17, 15) is 18.3 Å². The topological polar surface area (TPSA) is 104 Å². The normalized spacial score (nSPS) is 11.2. The number of thiophene rings is 1. The SMILES string of the molecule is Cc1ccc(S(=O)(=O)Nc2cc(C(=O)O)ccc2O)s1. The highest BCUT2D eigenvalue weighted by Crippen LogP contribution is 2.29. The van der Waals surface area contributed by atoms with Crippen LogP contribution >= 0.6 is 11.3 Å². The van der Waals surface area contributed by atoms with Gasteiger partial charge in [-0.1, -0.05) is 0 Å². The monoisotopic (exact) mass is 313 g/mol. The molecule has 1 aromatic heterocycles. The third-order valence-electron chi connectivity index (χ3n) is 2.47. The summed E-state index contributed by atoms with van der Waals surface area (Å²) in [7, 11) is -3.84. The van der Waals surface area contributed by atoms with Crippen LogP contribution in [0.15, 0.2) is 34.5 Å². The van der Waals surface area contributed by atoms with E-state index in [0.717, 1.165) is 28.3 Å². The summed E-state index contributed by atoms with van der Waals surface area (Å²) in [6.07, 6.45) is 0. The first kappa shape index (κ1) is 14.4.